The van der Waals surface area contributed by atoms with Gasteiger partial charge in [0.15, 0.2) is 6.10 Å². The number of anilines is 1. The summed E-state index contributed by atoms with van der Waals surface area (Å²) in [5.74, 6) is -2.48. The number of hydrogen-bond acceptors (Lipinski definition) is 4. The van der Waals surface area contributed by atoms with E-state index in [1.807, 2.05) is 13.0 Å². The number of methoxy groups -OCH3 is 1. The first-order chi connectivity index (χ1) is 12.3. The average Bonchev–Trinajstić information content (AvgIpc) is 2.57. The molecule has 138 valence electrons. The quantitative estimate of drug-likeness (QED) is 0.799. The molecular formula is C19H19F2NO4. The minimum absolute atomic E-state index is 0.0760. The summed E-state index contributed by atoms with van der Waals surface area (Å²) in [6, 6.07) is 8.13. The summed E-state index contributed by atoms with van der Waals surface area (Å²) in [5, 5.41) is 2.26. The Bertz CT molecular complexity index is 823. The highest BCUT2D eigenvalue weighted by Crippen LogP contribution is 2.21. The maximum absolute atomic E-state index is 13.6. The summed E-state index contributed by atoms with van der Waals surface area (Å²) in [5.41, 5.74) is 1.39. The molecule has 2 rings (SSSR count). The van der Waals surface area contributed by atoms with Crippen LogP contribution >= 0.6 is 0 Å². The molecule has 1 amide bonds. The molecule has 1 N–H and O–H groups in total. The topological polar surface area (TPSA) is 64.6 Å². The molecule has 0 fully saturated rings. The van der Waals surface area contributed by atoms with Crippen LogP contribution < -0.4 is 10.1 Å². The van der Waals surface area contributed by atoms with Crippen LogP contribution in [0.4, 0.5) is 14.5 Å². The number of carbonyl (C=O) groups excluding carboxylic acids is 2. The predicted molar refractivity (Wildman–Crippen MR) is 92.0 cm³/mol. The summed E-state index contributed by atoms with van der Waals surface area (Å²) < 4.78 is 36.7. The molecule has 0 aliphatic rings. The van der Waals surface area contributed by atoms with Crippen molar-refractivity contribution in [2.45, 2.75) is 26.4 Å². The van der Waals surface area contributed by atoms with Gasteiger partial charge in [-0.05, 0) is 32.0 Å². The lowest BCUT2D eigenvalue weighted by Crippen LogP contribution is -2.30. The Kier molecular flexibility index (Phi) is 6.27. The Morgan fingerprint density at radius 1 is 1.15 bits per heavy atom. The van der Waals surface area contributed by atoms with E-state index < -0.39 is 29.6 Å². The molecule has 0 aromatic heterocycles. The monoisotopic (exact) mass is 363 g/mol. The number of esters is 1. The number of rotatable bonds is 6. The second-order valence-electron chi connectivity index (χ2n) is 5.74. The van der Waals surface area contributed by atoms with Gasteiger partial charge < -0.3 is 14.8 Å². The molecule has 7 heteroatoms. The van der Waals surface area contributed by atoms with E-state index in [2.05, 4.69) is 5.32 Å². The van der Waals surface area contributed by atoms with Crippen molar-refractivity contribution >= 4 is 17.6 Å². The molecular weight excluding hydrogens is 344 g/mol. The van der Waals surface area contributed by atoms with E-state index in [0.29, 0.717) is 17.4 Å². The number of carbonyl (C=O) groups is 2. The maximum atomic E-state index is 13.6. The van der Waals surface area contributed by atoms with Crippen molar-refractivity contribution in [3.63, 3.8) is 0 Å². The largest absolute Gasteiger partial charge is 0.496 e. The minimum Gasteiger partial charge on any atom is -0.496 e. The number of ether oxygens (including phenoxy) is 2. The summed E-state index contributed by atoms with van der Waals surface area (Å²) in [7, 11) is 1.49. The second kappa shape index (κ2) is 8.42. The molecule has 0 bridgehead atoms. The number of aryl methyl sites for hydroxylation is 1. The molecule has 0 saturated carbocycles. The smallest absolute Gasteiger partial charge is 0.311 e. The number of hydrogen-bond donors (Lipinski definition) is 1. The van der Waals surface area contributed by atoms with E-state index in [1.54, 1.807) is 12.1 Å². The highest BCUT2D eigenvalue weighted by Gasteiger charge is 2.20. The van der Waals surface area contributed by atoms with Gasteiger partial charge in [-0.15, -0.1) is 0 Å². The number of benzene rings is 2. The van der Waals surface area contributed by atoms with E-state index >= 15 is 0 Å². The van der Waals surface area contributed by atoms with Crippen LogP contribution in [-0.2, 0) is 20.7 Å². The Morgan fingerprint density at radius 3 is 2.54 bits per heavy atom. The Balaban J connectivity index is 1.98. The van der Waals surface area contributed by atoms with E-state index in [4.69, 9.17) is 9.47 Å². The van der Waals surface area contributed by atoms with Gasteiger partial charge in [0.1, 0.15) is 17.4 Å². The summed E-state index contributed by atoms with van der Waals surface area (Å²) in [6.07, 6.45) is -1.23. The Hall–Kier alpha value is -2.96. The molecule has 5 nitrogen and oxygen atoms in total. The number of halogens is 2. The first kappa shape index (κ1) is 19.4. The van der Waals surface area contributed by atoms with Gasteiger partial charge in [-0.1, -0.05) is 17.7 Å². The van der Waals surface area contributed by atoms with Gasteiger partial charge in [0.05, 0.1) is 19.2 Å². The van der Waals surface area contributed by atoms with Gasteiger partial charge in [-0.2, -0.15) is 0 Å². The van der Waals surface area contributed by atoms with Crippen LogP contribution in [0.1, 0.15) is 18.1 Å². The van der Waals surface area contributed by atoms with Gasteiger partial charge in [0, 0.05) is 11.6 Å². The third-order valence-electron chi connectivity index (χ3n) is 3.64. The fraction of sp³-hybridized carbons (Fsp3) is 0.263. The summed E-state index contributed by atoms with van der Waals surface area (Å²) >= 11 is 0. The second-order valence-corrected chi connectivity index (χ2v) is 5.74. The first-order valence-corrected chi connectivity index (χ1v) is 7.89. The van der Waals surface area contributed by atoms with Crippen LogP contribution in [0, 0.1) is 18.6 Å². The number of amides is 1. The lowest BCUT2D eigenvalue weighted by atomic mass is 10.1. The summed E-state index contributed by atoms with van der Waals surface area (Å²) in [6.45, 7) is 3.24. The van der Waals surface area contributed by atoms with E-state index in [0.717, 1.165) is 17.7 Å². The normalized spacial score (nSPS) is 11.6. The lowest BCUT2D eigenvalue weighted by molar-refractivity contribution is -0.152. The van der Waals surface area contributed by atoms with Crippen molar-refractivity contribution in [3.8, 4) is 5.75 Å². The highest BCUT2D eigenvalue weighted by atomic mass is 19.1. The van der Waals surface area contributed by atoms with Crippen LogP contribution in [0.2, 0.25) is 0 Å². The first-order valence-electron chi connectivity index (χ1n) is 7.89. The maximum Gasteiger partial charge on any atom is 0.311 e. The molecule has 0 aliphatic heterocycles. The van der Waals surface area contributed by atoms with Gasteiger partial charge in [0.25, 0.3) is 5.91 Å². The van der Waals surface area contributed by atoms with Crippen molar-refractivity contribution in [3.05, 3.63) is 59.2 Å². The molecule has 0 unspecified atom stereocenters. The van der Waals surface area contributed by atoms with Gasteiger partial charge in [-0.3, -0.25) is 9.59 Å². The zero-order valence-electron chi connectivity index (χ0n) is 14.6. The van der Waals surface area contributed by atoms with Crippen LogP contribution in [0.15, 0.2) is 36.4 Å². The molecule has 0 heterocycles. The molecule has 0 saturated heterocycles. The Morgan fingerprint density at radius 2 is 1.88 bits per heavy atom. The van der Waals surface area contributed by atoms with Crippen molar-refractivity contribution in [2.24, 2.45) is 0 Å². The molecule has 0 aliphatic carbocycles. The van der Waals surface area contributed by atoms with Crippen LogP contribution in [0.25, 0.3) is 0 Å². The average molecular weight is 363 g/mol. The van der Waals surface area contributed by atoms with Gasteiger partial charge in [0.2, 0.25) is 0 Å². The molecule has 0 radical (unpaired) electrons. The molecule has 0 spiro atoms. The Labute approximate surface area is 149 Å². The molecule has 2 aromatic rings. The van der Waals surface area contributed by atoms with Crippen molar-refractivity contribution in [1.82, 2.24) is 0 Å². The molecule has 1 atom stereocenters. The van der Waals surface area contributed by atoms with Crippen LogP contribution in [0.5, 0.6) is 5.75 Å². The summed E-state index contributed by atoms with van der Waals surface area (Å²) in [4.78, 5) is 24.1. The lowest BCUT2D eigenvalue weighted by Gasteiger charge is -2.15. The van der Waals surface area contributed by atoms with Crippen molar-refractivity contribution < 1.29 is 27.8 Å². The minimum atomic E-state index is -1.15. The standard InChI is InChI=1S/C19H19F2NO4/c1-11-4-7-17(25-3)13(8-11)9-18(23)26-12(2)19(24)22-16-6-5-14(20)10-15(16)21/h4-8,10,12H,9H2,1-3H3,(H,22,24)/t12-/m0/s1. The van der Waals surface area contributed by atoms with E-state index in [-0.39, 0.29) is 12.1 Å². The molecule has 26 heavy (non-hydrogen) atoms. The van der Waals surface area contributed by atoms with Gasteiger partial charge in [-0.25, -0.2) is 8.78 Å². The fourth-order valence-electron chi connectivity index (χ4n) is 2.32. The van der Waals surface area contributed by atoms with Gasteiger partial charge >= 0.3 is 5.97 Å². The third-order valence-corrected chi connectivity index (χ3v) is 3.64. The SMILES string of the molecule is COc1ccc(C)cc1CC(=O)O[C@@H](C)C(=O)Nc1ccc(F)cc1F. The van der Waals surface area contributed by atoms with Crippen molar-refractivity contribution in [2.75, 3.05) is 12.4 Å². The van der Waals surface area contributed by atoms with Crippen LogP contribution in [0.3, 0.4) is 0 Å². The third kappa shape index (κ3) is 5.02. The van der Waals surface area contributed by atoms with Crippen LogP contribution in [-0.4, -0.2) is 25.1 Å². The number of nitrogens with one attached hydrogen (secondary N) is 1. The fourth-order valence-corrected chi connectivity index (χ4v) is 2.32. The van der Waals surface area contributed by atoms with Crippen molar-refractivity contribution in [1.29, 1.82) is 0 Å². The predicted octanol–water partition coefficient (Wildman–Crippen LogP) is 3.39. The zero-order valence-corrected chi connectivity index (χ0v) is 14.6. The molecule has 2 aromatic carbocycles. The van der Waals surface area contributed by atoms with E-state index in [1.165, 1.54) is 14.0 Å². The van der Waals surface area contributed by atoms with E-state index in [9.17, 15) is 18.4 Å². The highest BCUT2D eigenvalue weighted by molar-refractivity contribution is 5.95. The zero-order chi connectivity index (χ0) is 19.3.